The first-order valence-electron chi connectivity index (χ1n) is 8.29. The SMILES string of the molecule is CCNC(=O)CN=C(NCC)N1CC=C(c2ccccc2)CC1. The number of amides is 1. The molecule has 0 radical (unpaired) electrons. The molecule has 0 atom stereocenters. The fourth-order valence-electron chi connectivity index (χ4n) is 2.60. The first-order chi connectivity index (χ1) is 11.2. The molecule has 23 heavy (non-hydrogen) atoms. The van der Waals surface area contributed by atoms with Crippen LogP contribution in [0, 0.1) is 0 Å². The minimum absolute atomic E-state index is 0.0413. The van der Waals surface area contributed by atoms with E-state index in [1.807, 2.05) is 19.9 Å². The van der Waals surface area contributed by atoms with E-state index in [1.165, 1.54) is 11.1 Å². The van der Waals surface area contributed by atoms with E-state index < -0.39 is 0 Å². The van der Waals surface area contributed by atoms with E-state index in [1.54, 1.807) is 0 Å². The molecule has 1 heterocycles. The third-order valence-corrected chi connectivity index (χ3v) is 3.73. The molecule has 124 valence electrons. The summed E-state index contributed by atoms with van der Waals surface area (Å²) >= 11 is 0. The average Bonchev–Trinajstić information content (AvgIpc) is 2.60. The van der Waals surface area contributed by atoms with Crippen LogP contribution < -0.4 is 10.6 Å². The smallest absolute Gasteiger partial charge is 0.241 e. The van der Waals surface area contributed by atoms with Gasteiger partial charge in [0, 0.05) is 26.2 Å². The van der Waals surface area contributed by atoms with Crippen LogP contribution in [0.2, 0.25) is 0 Å². The molecule has 0 bridgehead atoms. The van der Waals surface area contributed by atoms with Gasteiger partial charge in [-0.15, -0.1) is 0 Å². The van der Waals surface area contributed by atoms with Crippen molar-refractivity contribution < 1.29 is 4.79 Å². The Hall–Kier alpha value is -2.30. The Bertz CT molecular complexity index is 566. The van der Waals surface area contributed by atoms with E-state index >= 15 is 0 Å². The van der Waals surface area contributed by atoms with Crippen LogP contribution in [0.5, 0.6) is 0 Å². The van der Waals surface area contributed by atoms with Crippen LogP contribution in [-0.4, -0.2) is 49.5 Å². The van der Waals surface area contributed by atoms with Gasteiger partial charge in [0.25, 0.3) is 0 Å². The summed E-state index contributed by atoms with van der Waals surface area (Å²) in [5, 5.41) is 6.04. The molecule has 1 aliphatic heterocycles. The minimum atomic E-state index is -0.0413. The lowest BCUT2D eigenvalue weighted by Crippen LogP contribution is -2.44. The summed E-state index contributed by atoms with van der Waals surface area (Å²) in [5.74, 6) is 0.766. The summed E-state index contributed by atoms with van der Waals surface area (Å²) in [4.78, 5) is 18.2. The highest BCUT2D eigenvalue weighted by Crippen LogP contribution is 2.21. The third-order valence-electron chi connectivity index (χ3n) is 3.73. The molecular formula is C18H26N4O. The average molecular weight is 314 g/mol. The molecule has 0 aromatic heterocycles. The van der Waals surface area contributed by atoms with Crippen LogP contribution in [0.4, 0.5) is 0 Å². The van der Waals surface area contributed by atoms with E-state index in [0.29, 0.717) is 6.54 Å². The lowest BCUT2D eigenvalue weighted by molar-refractivity contribution is -0.119. The number of nitrogens with one attached hydrogen (secondary N) is 2. The lowest BCUT2D eigenvalue weighted by Gasteiger charge is -2.29. The van der Waals surface area contributed by atoms with Crippen molar-refractivity contribution in [3.05, 3.63) is 42.0 Å². The van der Waals surface area contributed by atoms with Gasteiger partial charge in [-0.1, -0.05) is 36.4 Å². The highest BCUT2D eigenvalue weighted by atomic mass is 16.1. The molecule has 0 fully saturated rings. The summed E-state index contributed by atoms with van der Waals surface area (Å²) in [6.07, 6.45) is 3.23. The number of hydrogen-bond acceptors (Lipinski definition) is 2. The van der Waals surface area contributed by atoms with E-state index in [9.17, 15) is 4.79 Å². The van der Waals surface area contributed by atoms with Gasteiger partial charge in [-0.2, -0.15) is 0 Å². The van der Waals surface area contributed by atoms with Crippen LogP contribution in [-0.2, 0) is 4.79 Å². The van der Waals surface area contributed by atoms with E-state index in [-0.39, 0.29) is 12.5 Å². The van der Waals surface area contributed by atoms with Crippen molar-refractivity contribution in [2.24, 2.45) is 4.99 Å². The quantitative estimate of drug-likeness (QED) is 0.644. The van der Waals surface area contributed by atoms with Gasteiger partial charge in [0.05, 0.1) is 0 Å². The van der Waals surface area contributed by atoms with Crippen molar-refractivity contribution in [2.45, 2.75) is 20.3 Å². The highest BCUT2D eigenvalue weighted by molar-refractivity contribution is 5.85. The zero-order valence-electron chi connectivity index (χ0n) is 14.0. The Morgan fingerprint density at radius 3 is 2.52 bits per heavy atom. The van der Waals surface area contributed by atoms with Gasteiger partial charge in [0.2, 0.25) is 5.91 Å². The van der Waals surface area contributed by atoms with Crippen molar-refractivity contribution in [1.29, 1.82) is 0 Å². The van der Waals surface area contributed by atoms with E-state index in [2.05, 4.69) is 50.9 Å². The van der Waals surface area contributed by atoms with Gasteiger partial charge in [-0.3, -0.25) is 4.79 Å². The largest absolute Gasteiger partial charge is 0.356 e. The first-order valence-corrected chi connectivity index (χ1v) is 8.29. The molecule has 0 saturated heterocycles. The van der Waals surface area contributed by atoms with Crippen LogP contribution in [0.3, 0.4) is 0 Å². The zero-order valence-corrected chi connectivity index (χ0v) is 14.0. The molecule has 2 N–H and O–H groups in total. The van der Waals surface area contributed by atoms with Gasteiger partial charge < -0.3 is 15.5 Å². The molecule has 1 amide bonds. The second kappa shape index (κ2) is 8.98. The number of hydrogen-bond donors (Lipinski definition) is 2. The van der Waals surface area contributed by atoms with Crippen molar-refractivity contribution in [3.63, 3.8) is 0 Å². The summed E-state index contributed by atoms with van der Waals surface area (Å²) in [6.45, 7) is 7.26. The predicted molar refractivity (Wildman–Crippen MR) is 95.3 cm³/mol. The Kier molecular flexibility index (Phi) is 6.66. The Morgan fingerprint density at radius 1 is 1.17 bits per heavy atom. The number of carbonyl (C=O) groups is 1. The van der Waals surface area contributed by atoms with Crippen LogP contribution >= 0.6 is 0 Å². The number of rotatable bonds is 5. The van der Waals surface area contributed by atoms with Crippen molar-refractivity contribution in [1.82, 2.24) is 15.5 Å². The summed E-state index contributed by atoms with van der Waals surface area (Å²) in [5.41, 5.74) is 2.66. The maximum atomic E-state index is 11.6. The number of aliphatic imine (C=N–C) groups is 1. The molecular weight excluding hydrogens is 288 g/mol. The number of likely N-dealkylation sites (N-methyl/N-ethyl adjacent to an activating group) is 1. The van der Waals surface area contributed by atoms with Gasteiger partial charge in [-0.05, 0) is 31.4 Å². The number of guanidine groups is 1. The molecule has 0 spiro atoms. The maximum absolute atomic E-state index is 11.6. The van der Waals surface area contributed by atoms with Gasteiger partial charge in [-0.25, -0.2) is 4.99 Å². The topological polar surface area (TPSA) is 56.7 Å². The normalized spacial score (nSPS) is 15.1. The Balaban J connectivity index is 2.00. The molecule has 5 nitrogen and oxygen atoms in total. The van der Waals surface area contributed by atoms with Crippen LogP contribution in [0.1, 0.15) is 25.8 Å². The van der Waals surface area contributed by atoms with Crippen LogP contribution in [0.15, 0.2) is 41.4 Å². The summed E-state index contributed by atoms with van der Waals surface area (Å²) in [7, 11) is 0. The minimum Gasteiger partial charge on any atom is -0.356 e. The van der Waals surface area contributed by atoms with Gasteiger partial charge in [0.1, 0.15) is 6.54 Å². The molecule has 0 unspecified atom stereocenters. The second-order valence-corrected chi connectivity index (χ2v) is 5.42. The summed E-state index contributed by atoms with van der Waals surface area (Å²) in [6, 6.07) is 10.5. The predicted octanol–water partition coefficient (Wildman–Crippen LogP) is 1.88. The van der Waals surface area contributed by atoms with Crippen molar-refractivity contribution in [2.75, 3.05) is 32.7 Å². The molecule has 1 aromatic carbocycles. The van der Waals surface area contributed by atoms with E-state index in [4.69, 9.17) is 0 Å². The molecule has 1 aliphatic rings. The second-order valence-electron chi connectivity index (χ2n) is 5.42. The fraction of sp³-hybridized carbons (Fsp3) is 0.444. The number of nitrogens with zero attached hydrogens (tertiary/aromatic N) is 2. The maximum Gasteiger partial charge on any atom is 0.241 e. The summed E-state index contributed by atoms with van der Waals surface area (Å²) < 4.78 is 0. The third kappa shape index (κ3) is 5.13. The van der Waals surface area contributed by atoms with E-state index in [0.717, 1.165) is 32.0 Å². The monoisotopic (exact) mass is 314 g/mol. The molecule has 1 aromatic rings. The van der Waals surface area contributed by atoms with Gasteiger partial charge in [0.15, 0.2) is 5.96 Å². The molecule has 5 heteroatoms. The molecule has 2 rings (SSSR count). The Labute approximate surface area is 138 Å². The highest BCUT2D eigenvalue weighted by Gasteiger charge is 2.16. The van der Waals surface area contributed by atoms with Crippen LogP contribution in [0.25, 0.3) is 5.57 Å². The van der Waals surface area contributed by atoms with Crippen molar-refractivity contribution in [3.8, 4) is 0 Å². The first kappa shape index (κ1) is 17.1. The van der Waals surface area contributed by atoms with Crippen molar-refractivity contribution >= 4 is 17.4 Å². The molecule has 0 aliphatic carbocycles. The standard InChI is InChI=1S/C18H26N4O/c1-3-19-17(23)14-21-18(20-4-2)22-12-10-16(11-13-22)15-8-6-5-7-9-15/h5-10H,3-4,11-14H2,1-2H3,(H,19,23)(H,20,21). The zero-order chi connectivity index (χ0) is 16.5. The fourth-order valence-corrected chi connectivity index (χ4v) is 2.60. The number of carbonyl (C=O) groups excluding carboxylic acids is 1. The molecule has 0 saturated carbocycles. The Morgan fingerprint density at radius 2 is 1.91 bits per heavy atom. The lowest BCUT2D eigenvalue weighted by atomic mass is 10.00. The number of benzene rings is 1. The van der Waals surface area contributed by atoms with Gasteiger partial charge >= 0.3 is 0 Å².